The molecule has 0 bridgehead atoms. The van der Waals surface area contributed by atoms with Crippen LogP contribution in [0.4, 0.5) is 0 Å². The minimum absolute atomic E-state index is 0.174. The number of nitrogens with one attached hydrogen (secondary N) is 1. The van der Waals surface area contributed by atoms with Crippen LogP contribution >= 0.6 is 15.9 Å². The van der Waals surface area contributed by atoms with E-state index in [4.69, 9.17) is 14.2 Å². The zero-order valence-corrected chi connectivity index (χ0v) is 16.0. The van der Waals surface area contributed by atoms with Gasteiger partial charge in [0.15, 0.2) is 0 Å². The number of hydrogen-bond donors (Lipinski definition) is 1. The number of rotatable bonds is 9. The first-order valence-electron chi connectivity index (χ1n) is 7.97. The van der Waals surface area contributed by atoms with Crippen LogP contribution in [0.5, 0.6) is 11.5 Å². The summed E-state index contributed by atoms with van der Waals surface area (Å²) in [5.74, 6) is 0.929. The van der Waals surface area contributed by atoms with Gasteiger partial charge in [-0.1, -0.05) is 30.3 Å². The van der Waals surface area contributed by atoms with Gasteiger partial charge in [0, 0.05) is 18.7 Å². The Hall–Kier alpha value is -2.05. The van der Waals surface area contributed by atoms with Crippen molar-refractivity contribution in [3.63, 3.8) is 0 Å². The van der Waals surface area contributed by atoms with Gasteiger partial charge in [-0.05, 0) is 40.0 Å². The molecule has 0 aromatic heterocycles. The summed E-state index contributed by atoms with van der Waals surface area (Å²) in [5, 5.41) is 2.87. The quantitative estimate of drug-likeness (QED) is 0.642. The molecule has 0 saturated carbocycles. The maximum absolute atomic E-state index is 12.3. The van der Waals surface area contributed by atoms with E-state index in [2.05, 4.69) is 21.2 Å². The lowest BCUT2D eigenvalue weighted by atomic mass is 10.2. The Labute approximate surface area is 156 Å². The topological polar surface area (TPSA) is 56.8 Å². The number of ether oxygens (including phenoxy) is 3. The van der Waals surface area contributed by atoms with Crippen molar-refractivity contribution in [1.29, 1.82) is 0 Å². The molecule has 0 aliphatic carbocycles. The molecule has 0 spiro atoms. The molecule has 0 aliphatic heterocycles. The molecule has 1 amide bonds. The fourth-order valence-corrected chi connectivity index (χ4v) is 2.80. The highest BCUT2D eigenvalue weighted by Crippen LogP contribution is 2.35. The minimum atomic E-state index is -0.174. The Morgan fingerprint density at radius 2 is 1.72 bits per heavy atom. The third-order valence-electron chi connectivity index (χ3n) is 3.57. The van der Waals surface area contributed by atoms with Crippen molar-refractivity contribution < 1.29 is 19.0 Å². The second-order valence-corrected chi connectivity index (χ2v) is 6.14. The van der Waals surface area contributed by atoms with Crippen LogP contribution in [0.25, 0.3) is 0 Å². The van der Waals surface area contributed by atoms with E-state index >= 15 is 0 Å². The molecule has 0 atom stereocenters. The average molecular weight is 408 g/mol. The number of carbonyl (C=O) groups is 1. The van der Waals surface area contributed by atoms with Crippen molar-refractivity contribution in [2.45, 2.75) is 13.0 Å². The first-order valence-corrected chi connectivity index (χ1v) is 8.76. The average Bonchev–Trinajstić information content (AvgIpc) is 2.65. The third-order valence-corrected chi connectivity index (χ3v) is 4.35. The van der Waals surface area contributed by atoms with Crippen LogP contribution < -0.4 is 14.8 Å². The molecule has 6 heteroatoms. The van der Waals surface area contributed by atoms with E-state index in [1.165, 1.54) is 0 Å². The Morgan fingerprint density at radius 1 is 1.08 bits per heavy atom. The SMILES string of the molecule is COc1cc(C(=O)NCCCOCc2ccccc2)cc(OC)c1Br. The van der Waals surface area contributed by atoms with Gasteiger partial charge in [-0.2, -0.15) is 0 Å². The lowest BCUT2D eigenvalue weighted by Gasteiger charge is -2.12. The highest BCUT2D eigenvalue weighted by molar-refractivity contribution is 9.10. The Morgan fingerprint density at radius 3 is 2.32 bits per heavy atom. The second-order valence-electron chi connectivity index (χ2n) is 5.34. The van der Waals surface area contributed by atoms with Gasteiger partial charge in [0.05, 0.1) is 20.8 Å². The molecular weight excluding hydrogens is 386 g/mol. The van der Waals surface area contributed by atoms with Crippen LogP contribution in [0.3, 0.4) is 0 Å². The van der Waals surface area contributed by atoms with E-state index in [9.17, 15) is 4.79 Å². The Bertz CT molecular complexity index is 666. The molecule has 134 valence electrons. The summed E-state index contributed by atoms with van der Waals surface area (Å²) in [4.78, 5) is 12.3. The Kier molecular flexibility index (Phi) is 7.76. The molecule has 0 saturated heterocycles. The molecule has 2 rings (SSSR count). The molecule has 0 radical (unpaired) electrons. The summed E-state index contributed by atoms with van der Waals surface area (Å²) in [6.45, 7) is 1.70. The van der Waals surface area contributed by atoms with Crippen molar-refractivity contribution in [3.05, 3.63) is 58.1 Å². The molecule has 5 nitrogen and oxygen atoms in total. The van der Waals surface area contributed by atoms with E-state index < -0.39 is 0 Å². The number of carbonyl (C=O) groups excluding carboxylic acids is 1. The Balaban J connectivity index is 1.76. The maximum Gasteiger partial charge on any atom is 0.251 e. The van der Waals surface area contributed by atoms with Crippen molar-refractivity contribution in [1.82, 2.24) is 5.32 Å². The molecule has 1 N–H and O–H groups in total. The zero-order valence-electron chi connectivity index (χ0n) is 14.4. The summed E-state index contributed by atoms with van der Waals surface area (Å²) >= 11 is 3.39. The predicted molar refractivity (Wildman–Crippen MR) is 100 cm³/mol. The number of benzene rings is 2. The molecule has 2 aromatic carbocycles. The van der Waals surface area contributed by atoms with Gasteiger partial charge in [-0.15, -0.1) is 0 Å². The van der Waals surface area contributed by atoms with Gasteiger partial charge in [0.2, 0.25) is 0 Å². The monoisotopic (exact) mass is 407 g/mol. The molecule has 25 heavy (non-hydrogen) atoms. The number of hydrogen-bond acceptors (Lipinski definition) is 4. The number of halogens is 1. The van der Waals surface area contributed by atoms with Gasteiger partial charge >= 0.3 is 0 Å². The largest absolute Gasteiger partial charge is 0.495 e. The summed E-state index contributed by atoms with van der Waals surface area (Å²) < 4.78 is 16.8. The van der Waals surface area contributed by atoms with E-state index in [1.54, 1.807) is 26.4 Å². The predicted octanol–water partition coefficient (Wildman–Crippen LogP) is 3.80. The van der Waals surface area contributed by atoms with Crippen LogP contribution in [0, 0.1) is 0 Å². The minimum Gasteiger partial charge on any atom is -0.495 e. The third kappa shape index (κ3) is 5.76. The highest BCUT2D eigenvalue weighted by Gasteiger charge is 2.14. The van der Waals surface area contributed by atoms with Gasteiger partial charge in [0.1, 0.15) is 16.0 Å². The fraction of sp³-hybridized carbons (Fsp3) is 0.316. The van der Waals surface area contributed by atoms with Crippen molar-refractivity contribution in [2.24, 2.45) is 0 Å². The van der Waals surface area contributed by atoms with Crippen molar-refractivity contribution >= 4 is 21.8 Å². The number of methoxy groups -OCH3 is 2. The second kappa shape index (κ2) is 10.1. The van der Waals surface area contributed by atoms with Crippen LogP contribution in [0.15, 0.2) is 46.9 Å². The first-order chi connectivity index (χ1) is 12.2. The van der Waals surface area contributed by atoms with Crippen molar-refractivity contribution in [2.75, 3.05) is 27.4 Å². The lowest BCUT2D eigenvalue weighted by Crippen LogP contribution is -2.25. The first kappa shape index (κ1) is 19.3. The highest BCUT2D eigenvalue weighted by atomic mass is 79.9. The van der Waals surface area contributed by atoms with E-state index in [0.29, 0.717) is 41.3 Å². The number of amides is 1. The maximum atomic E-state index is 12.3. The van der Waals surface area contributed by atoms with Gasteiger partial charge in [-0.3, -0.25) is 4.79 Å². The standard InChI is InChI=1S/C19H22BrNO4/c1-23-16-11-15(12-17(24-2)18(16)20)19(22)21-9-6-10-25-13-14-7-4-3-5-8-14/h3-5,7-8,11-12H,6,9-10,13H2,1-2H3,(H,21,22). The smallest absolute Gasteiger partial charge is 0.251 e. The summed E-state index contributed by atoms with van der Waals surface area (Å²) in [7, 11) is 3.09. The molecule has 0 aliphatic rings. The van der Waals surface area contributed by atoms with Crippen LogP contribution in [-0.4, -0.2) is 33.3 Å². The van der Waals surface area contributed by atoms with Crippen LogP contribution in [0.2, 0.25) is 0 Å². The van der Waals surface area contributed by atoms with Crippen LogP contribution in [0.1, 0.15) is 22.3 Å². The van der Waals surface area contributed by atoms with Gasteiger partial charge in [0.25, 0.3) is 5.91 Å². The molecule has 2 aromatic rings. The van der Waals surface area contributed by atoms with Gasteiger partial charge in [-0.25, -0.2) is 0 Å². The molecule has 0 fully saturated rings. The zero-order chi connectivity index (χ0) is 18.1. The summed E-state index contributed by atoms with van der Waals surface area (Å²) in [5.41, 5.74) is 1.63. The molecule has 0 heterocycles. The normalized spacial score (nSPS) is 10.4. The van der Waals surface area contributed by atoms with E-state index in [0.717, 1.165) is 12.0 Å². The molecular formula is C19H22BrNO4. The molecule has 0 unspecified atom stereocenters. The van der Waals surface area contributed by atoms with Crippen LogP contribution in [-0.2, 0) is 11.3 Å². The summed E-state index contributed by atoms with van der Waals surface area (Å²) in [6.07, 6.45) is 0.739. The van der Waals surface area contributed by atoms with Crippen molar-refractivity contribution in [3.8, 4) is 11.5 Å². The lowest BCUT2D eigenvalue weighted by molar-refractivity contribution is 0.0933. The summed E-state index contributed by atoms with van der Waals surface area (Å²) in [6, 6.07) is 13.3. The van der Waals surface area contributed by atoms with E-state index in [-0.39, 0.29) is 5.91 Å². The fourth-order valence-electron chi connectivity index (χ4n) is 2.24. The van der Waals surface area contributed by atoms with E-state index in [1.807, 2.05) is 30.3 Å². The van der Waals surface area contributed by atoms with Gasteiger partial charge < -0.3 is 19.5 Å².